The van der Waals surface area contributed by atoms with Crippen LogP contribution < -0.4 is 0 Å². The molecule has 19 heavy (non-hydrogen) atoms. The number of aryl methyl sites for hydroxylation is 1. The lowest BCUT2D eigenvalue weighted by atomic mass is 10.1. The topological polar surface area (TPSA) is 50.3 Å². The van der Waals surface area contributed by atoms with Gasteiger partial charge in [-0.1, -0.05) is 12.1 Å². The van der Waals surface area contributed by atoms with Gasteiger partial charge in [0, 0.05) is 36.3 Å². The summed E-state index contributed by atoms with van der Waals surface area (Å²) in [5.41, 5.74) is 0.899. The molecule has 0 aliphatic carbocycles. The Morgan fingerprint density at radius 2 is 1.89 bits per heavy atom. The molecule has 0 saturated carbocycles. The number of hydrogen-bond acceptors (Lipinski definition) is 3. The van der Waals surface area contributed by atoms with E-state index in [1.807, 2.05) is 13.0 Å². The van der Waals surface area contributed by atoms with Gasteiger partial charge >= 0.3 is 0 Å². The van der Waals surface area contributed by atoms with Crippen LogP contribution >= 0.6 is 0 Å². The van der Waals surface area contributed by atoms with E-state index in [-0.39, 0.29) is 0 Å². The molecule has 0 N–H and O–H groups in total. The zero-order valence-corrected chi connectivity index (χ0v) is 11.7. The highest BCUT2D eigenvalue weighted by atomic mass is 32.2. The van der Waals surface area contributed by atoms with Crippen LogP contribution in [-0.4, -0.2) is 30.8 Å². The van der Waals surface area contributed by atoms with E-state index in [0.29, 0.717) is 18.0 Å². The Hall–Kier alpha value is -1.46. The van der Waals surface area contributed by atoms with E-state index in [0.717, 1.165) is 29.2 Å². The number of benzene rings is 1. The van der Waals surface area contributed by atoms with Crippen LogP contribution in [0.4, 0.5) is 0 Å². The van der Waals surface area contributed by atoms with Crippen LogP contribution in [0, 0.1) is 6.92 Å². The highest BCUT2D eigenvalue weighted by Gasteiger charge is 2.28. The normalized spacial score (nSPS) is 17.1. The molecule has 1 aromatic carbocycles. The van der Waals surface area contributed by atoms with Crippen LogP contribution in [0.25, 0.3) is 10.8 Å². The minimum atomic E-state index is -3.38. The third-order valence-electron chi connectivity index (χ3n) is 3.62. The summed E-state index contributed by atoms with van der Waals surface area (Å²) >= 11 is 0. The maximum Gasteiger partial charge on any atom is 0.243 e. The first kappa shape index (κ1) is 12.6. The van der Waals surface area contributed by atoms with Crippen LogP contribution in [0.5, 0.6) is 0 Å². The Balaban J connectivity index is 2.25. The summed E-state index contributed by atoms with van der Waals surface area (Å²) in [7, 11) is -3.38. The van der Waals surface area contributed by atoms with Gasteiger partial charge in [-0.25, -0.2) is 8.42 Å². The molecule has 0 bridgehead atoms. The molecule has 1 aliphatic rings. The number of nitrogens with zero attached hydrogens (tertiary/aromatic N) is 2. The monoisotopic (exact) mass is 276 g/mol. The standard InChI is InChI=1S/C14H16N2O2S/c1-11-9-15-10-12-5-4-6-13(14(11)12)19(17,18)16-7-2-3-8-16/h4-6,9-10H,2-3,7-8H2,1H3. The van der Waals surface area contributed by atoms with Crippen molar-refractivity contribution in [2.24, 2.45) is 0 Å². The van der Waals surface area contributed by atoms with Crippen molar-refractivity contribution >= 4 is 20.8 Å². The van der Waals surface area contributed by atoms with Gasteiger partial charge in [0.05, 0.1) is 4.90 Å². The van der Waals surface area contributed by atoms with Crippen LogP contribution in [0.1, 0.15) is 18.4 Å². The Kier molecular flexibility index (Phi) is 3.03. The van der Waals surface area contributed by atoms with Crippen molar-refractivity contribution in [1.29, 1.82) is 0 Å². The largest absolute Gasteiger partial charge is 0.264 e. The molecule has 1 aliphatic heterocycles. The van der Waals surface area contributed by atoms with Gasteiger partial charge in [0.1, 0.15) is 0 Å². The highest BCUT2D eigenvalue weighted by molar-refractivity contribution is 7.89. The lowest BCUT2D eigenvalue weighted by Crippen LogP contribution is -2.28. The summed E-state index contributed by atoms with van der Waals surface area (Å²) in [6, 6.07) is 5.38. The third kappa shape index (κ3) is 2.03. The fourth-order valence-electron chi connectivity index (χ4n) is 2.65. The van der Waals surface area contributed by atoms with Gasteiger partial charge < -0.3 is 0 Å². The second-order valence-electron chi connectivity index (χ2n) is 4.92. The number of pyridine rings is 1. The van der Waals surface area contributed by atoms with Crippen molar-refractivity contribution in [3.8, 4) is 0 Å². The van der Waals surface area contributed by atoms with Crippen molar-refractivity contribution in [2.75, 3.05) is 13.1 Å². The average Bonchev–Trinajstić information content (AvgIpc) is 2.93. The number of fused-ring (bicyclic) bond motifs is 1. The molecule has 2 heterocycles. The molecule has 1 aromatic heterocycles. The minimum Gasteiger partial charge on any atom is -0.264 e. The molecule has 0 amide bonds. The Morgan fingerprint density at radius 1 is 1.16 bits per heavy atom. The average molecular weight is 276 g/mol. The second kappa shape index (κ2) is 4.58. The zero-order chi connectivity index (χ0) is 13.5. The highest BCUT2D eigenvalue weighted by Crippen LogP contribution is 2.29. The van der Waals surface area contributed by atoms with Gasteiger partial charge in [0.2, 0.25) is 10.0 Å². The van der Waals surface area contributed by atoms with Crippen molar-refractivity contribution < 1.29 is 8.42 Å². The lowest BCUT2D eigenvalue weighted by molar-refractivity contribution is 0.478. The first-order chi connectivity index (χ1) is 9.10. The molecule has 4 nitrogen and oxygen atoms in total. The minimum absolute atomic E-state index is 0.409. The molecule has 0 radical (unpaired) electrons. The fraction of sp³-hybridized carbons (Fsp3) is 0.357. The van der Waals surface area contributed by atoms with E-state index in [2.05, 4.69) is 4.98 Å². The van der Waals surface area contributed by atoms with Gasteiger partial charge in [-0.05, 0) is 31.4 Å². The summed E-state index contributed by atoms with van der Waals surface area (Å²) in [5, 5.41) is 1.67. The first-order valence-corrected chi connectivity index (χ1v) is 7.88. The van der Waals surface area contributed by atoms with Gasteiger partial charge in [-0.3, -0.25) is 4.98 Å². The van der Waals surface area contributed by atoms with Gasteiger partial charge in [0.25, 0.3) is 0 Å². The Labute approximate surface area is 113 Å². The SMILES string of the molecule is Cc1cncc2cccc(S(=O)(=O)N3CCCC3)c12. The number of aromatic nitrogens is 1. The predicted molar refractivity (Wildman–Crippen MR) is 74.5 cm³/mol. The second-order valence-corrected chi connectivity index (χ2v) is 6.83. The lowest BCUT2D eigenvalue weighted by Gasteiger charge is -2.17. The molecule has 2 aromatic rings. The number of hydrogen-bond donors (Lipinski definition) is 0. The smallest absolute Gasteiger partial charge is 0.243 e. The van der Waals surface area contributed by atoms with Crippen LogP contribution in [0.2, 0.25) is 0 Å². The molecule has 0 unspecified atom stereocenters. The van der Waals surface area contributed by atoms with E-state index in [1.165, 1.54) is 0 Å². The van der Waals surface area contributed by atoms with E-state index in [1.54, 1.807) is 28.8 Å². The third-order valence-corrected chi connectivity index (χ3v) is 5.56. The number of sulfonamides is 1. The Morgan fingerprint density at radius 3 is 2.63 bits per heavy atom. The van der Waals surface area contributed by atoms with E-state index >= 15 is 0 Å². The van der Waals surface area contributed by atoms with E-state index in [9.17, 15) is 8.42 Å². The predicted octanol–water partition coefficient (Wildman–Crippen LogP) is 2.33. The first-order valence-electron chi connectivity index (χ1n) is 6.44. The van der Waals surface area contributed by atoms with Crippen LogP contribution in [-0.2, 0) is 10.0 Å². The molecule has 1 saturated heterocycles. The molecule has 5 heteroatoms. The van der Waals surface area contributed by atoms with E-state index in [4.69, 9.17) is 0 Å². The molecule has 0 spiro atoms. The summed E-state index contributed by atoms with van der Waals surface area (Å²) < 4.78 is 27.0. The number of rotatable bonds is 2. The van der Waals surface area contributed by atoms with Crippen molar-refractivity contribution in [3.63, 3.8) is 0 Å². The maximum absolute atomic E-state index is 12.7. The fourth-order valence-corrected chi connectivity index (χ4v) is 4.46. The summed E-state index contributed by atoms with van der Waals surface area (Å²) in [4.78, 5) is 4.53. The summed E-state index contributed by atoms with van der Waals surface area (Å²) in [5.74, 6) is 0. The molecular weight excluding hydrogens is 260 g/mol. The molecule has 3 rings (SSSR count). The van der Waals surface area contributed by atoms with Crippen LogP contribution in [0.15, 0.2) is 35.5 Å². The van der Waals surface area contributed by atoms with Gasteiger partial charge in [-0.2, -0.15) is 4.31 Å². The molecule has 100 valence electrons. The quantitative estimate of drug-likeness (QED) is 0.846. The molecular formula is C14H16N2O2S. The Bertz CT molecular complexity index is 714. The van der Waals surface area contributed by atoms with Gasteiger partial charge in [0.15, 0.2) is 0 Å². The summed E-state index contributed by atoms with van der Waals surface area (Å²) in [6.45, 7) is 3.16. The maximum atomic E-state index is 12.7. The molecule has 1 fully saturated rings. The van der Waals surface area contributed by atoms with Crippen molar-refractivity contribution in [3.05, 3.63) is 36.2 Å². The van der Waals surface area contributed by atoms with Crippen molar-refractivity contribution in [2.45, 2.75) is 24.7 Å². The molecule has 0 atom stereocenters. The summed E-state index contributed by atoms with van der Waals surface area (Å²) in [6.07, 6.45) is 5.33. The van der Waals surface area contributed by atoms with Crippen LogP contribution in [0.3, 0.4) is 0 Å². The van der Waals surface area contributed by atoms with Crippen molar-refractivity contribution in [1.82, 2.24) is 9.29 Å². The van der Waals surface area contributed by atoms with E-state index < -0.39 is 10.0 Å². The zero-order valence-electron chi connectivity index (χ0n) is 10.8. The van der Waals surface area contributed by atoms with Gasteiger partial charge in [-0.15, -0.1) is 0 Å².